The van der Waals surface area contributed by atoms with Gasteiger partial charge in [0, 0.05) is 20.8 Å². The highest BCUT2D eigenvalue weighted by Gasteiger charge is 2.06. The first-order valence-corrected chi connectivity index (χ1v) is 7.44. The third-order valence-corrected chi connectivity index (χ3v) is 4.57. The number of benzene rings is 2. The largest absolute Gasteiger partial charge is 0.326 e. The molecule has 0 aliphatic carbocycles. The predicted octanol–water partition coefficient (Wildman–Crippen LogP) is 4.68. The lowest BCUT2D eigenvalue weighted by molar-refractivity contribution is 1.02. The average molecular weight is 322 g/mol. The van der Waals surface area contributed by atoms with Crippen LogP contribution in [0.5, 0.6) is 0 Å². The SMILES string of the molecule is Cc1ccc(C)c(Sc2cc(Br)ccc2CN)c1. The van der Waals surface area contributed by atoms with Crippen LogP contribution in [-0.2, 0) is 6.54 Å². The van der Waals surface area contributed by atoms with E-state index in [0.717, 1.165) is 4.47 Å². The van der Waals surface area contributed by atoms with Crippen LogP contribution in [0, 0.1) is 13.8 Å². The van der Waals surface area contributed by atoms with E-state index in [4.69, 9.17) is 5.73 Å². The number of rotatable bonds is 3. The quantitative estimate of drug-likeness (QED) is 0.888. The lowest BCUT2D eigenvalue weighted by Gasteiger charge is -2.10. The summed E-state index contributed by atoms with van der Waals surface area (Å²) in [6.45, 7) is 4.83. The van der Waals surface area contributed by atoms with Gasteiger partial charge in [-0.1, -0.05) is 45.9 Å². The number of nitrogens with two attached hydrogens (primary N) is 1. The second kappa shape index (κ2) is 5.91. The molecule has 0 saturated carbocycles. The van der Waals surface area contributed by atoms with Gasteiger partial charge in [0.1, 0.15) is 0 Å². The molecule has 0 amide bonds. The summed E-state index contributed by atoms with van der Waals surface area (Å²) in [5, 5.41) is 0. The molecule has 2 aromatic rings. The van der Waals surface area contributed by atoms with Gasteiger partial charge in [-0.2, -0.15) is 0 Å². The molecule has 2 aromatic carbocycles. The average Bonchev–Trinajstić information content (AvgIpc) is 2.34. The van der Waals surface area contributed by atoms with Crippen molar-refractivity contribution in [2.45, 2.75) is 30.2 Å². The van der Waals surface area contributed by atoms with Crippen molar-refractivity contribution in [1.29, 1.82) is 0 Å². The zero-order valence-corrected chi connectivity index (χ0v) is 12.9. The van der Waals surface area contributed by atoms with E-state index in [1.165, 1.54) is 26.5 Å². The number of hydrogen-bond acceptors (Lipinski definition) is 2. The minimum Gasteiger partial charge on any atom is -0.326 e. The standard InChI is InChI=1S/C15H16BrNS/c1-10-3-4-11(2)14(7-10)18-15-8-13(16)6-5-12(15)9-17/h3-8H,9,17H2,1-2H3. The number of hydrogen-bond donors (Lipinski definition) is 1. The maximum absolute atomic E-state index is 5.79. The summed E-state index contributed by atoms with van der Waals surface area (Å²) < 4.78 is 1.09. The Morgan fingerprint density at radius 3 is 2.56 bits per heavy atom. The van der Waals surface area contributed by atoms with Gasteiger partial charge in [0.15, 0.2) is 0 Å². The summed E-state index contributed by atoms with van der Waals surface area (Å²) in [7, 11) is 0. The molecule has 0 spiro atoms. The Morgan fingerprint density at radius 2 is 1.83 bits per heavy atom. The van der Waals surface area contributed by atoms with Crippen molar-refractivity contribution in [1.82, 2.24) is 0 Å². The van der Waals surface area contributed by atoms with Gasteiger partial charge in [-0.25, -0.2) is 0 Å². The van der Waals surface area contributed by atoms with E-state index in [9.17, 15) is 0 Å². The molecule has 0 heterocycles. The molecule has 0 saturated heterocycles. The third-order valence-electron chi connectivity index (χ3n) is 2.81. The van der Waals surface area contributed by atoms with Crippen LogP contribution in [-0.4, -0.2) is 0 Å². The van der Waals surface area contributed by atoms with Crippen molar-refractivity contribution in [3.63, 3.8) is 0 Å². The molecule has 2 rings (SSSR count). The fourth-order valence-electron chi connectivity index (χ4n) is 1.73. The second-order valence-corrected chi connectivity index (χ2v) is 6.33. The first kappa shape index (κ1) is 13.7. The smallest absolute Gasteiger partial charge is 0.0189 e. The van der Waals surface area contributed by atoms with Gasteiger partial charge < -0.3 is 5.73 Å². The van der Waals surface area contributed by atoms with Gasteiger partial charge in [-0.3, -0.25) is 0 Å². The maximum Gasteiger partial charge on any atom is 0.0189 e. The van der Waals surface area contributed by atoms with Crippen molar-refractivity contribution >= 4 is 27.7 Å². The summed E-state index contributed by atoms with van der Waals surface area (Å²) in [5.41, 5.74) is 9.56. The van der Waals surface area contributed by atoms with E-state index >= 15 is 0 Å². The van der Waals surface area contributed by atoms with E-state index in [0.29, 0.717) is 6.54 Å². The van der Waals surface area contributed by atoms with E-state index in [1.54, 1.807) is 11.8 Å². The monoisotopic (exact) mass is 321 g/mol. The van der Waals surface area contributed by atoms with Gasteiger partial charge in [-0.15, -0.1) is 0 Å². The van der Waals surface area contributed by atoms with E-state index < -0.39 is 0 Å². The third kappa shape index (κ3) is 3.16. The van der Waals surface area contributed by atoms with Crippen LogP contribution in [0.3, 0.4) is 0 Å². The molecule has 0 aliphatic heterocycles. The van der Waals surface area contributed by atoms with Crippen LogP contribution in [0.4, 0.5) is 0 Å². The van der Waals surface area contributed by atoms with Crippen molar-refractivity contribution in [3.8, 4) is 0 Å². The molecule has 0 unspecified atom stereocenters. The van der Waals surface area contributed by atoms with E-state index in [-0.39, 0.29) is 0 Å². The summed E-state index contributed by atoms with van der Waals surface area (Å²) in [6, 6.07) is 12.8. The second-order valence-electron chi connectivity index (χ2n) is 4.33. The lowest BCUT2D eigenvalue weighted by atomic mass is 10.2. The fourth-order valence-corrected chi connectivity index (χ4v) is 3.42. The molecule has 3 heteroatoms. The highest BCUT2D eigenvalue weighted by molar-refractivity contribution is 9.10. The van der Waals surface area contributed by atoms with E-state index in [1.807, 2.05) is 6.07 Å². The topological polar surface area (TPSA) is 26.0 Å². The number of halogens is 1. The Hall–Kier alpha value is -0.770. The first-order valence-electron chi connectivity index (χ1n) is 5.84. The maximum atomic E-state index is 5.79. The summed E-state index contributed by atoms with van der Waals surface area (Å²) in [5.74, 6) is 0. The van der Waals surface area contributed by atoms with Gasteiger partial charge in [0.25, 0.3) is 0 Å². The molecule has 1 nitrogen and oxygen atoms in total. The molecule has 0 fully saturated rings. The molecule has 0 atom stereocenters. The predicted molar refractivity (Wildman–Crippen MR) is 82.1 cm³/mol. The molecule has 0 bridgehead atoms. The van der Waals surface area contributed by atoms with Gasteiger partial charge >= 0.3 is 0 Å². The zero-order chi connectivity index (χ0) is 13.1. The molecule has 18 heavy (non-hydrogen) atoms. The van der Waals surface area contributed by atoms with Gasteiger partial charge in [0.2, 0.25) is 0 Å². The van der Waals surface area contributed by atoms with Crippen LogP contribution in [0.15, 0.2) is 50.7 Å². The van der Waals surface area contributed by atoms with Crippen LogP contribution in [0.2, 0.25) is 0 Å². The highest BCUT2D eigenvalue weighted by atomic mass is 79.9. The Morgan fingerprint density at radius 1 is 1.06 bits per heavy atom. The minimum absolute atomic E-state index is 0.570. The fraction of sp³-hybridized carbons (Fsp3) is 0.200. The lowest BCUT2D eigenvalue weighted by Crippen LogP contribution is -1.98. The van der Waals surface area contributed by atoms with Crippen molar-refractivity contribution in [2.75, 3.05) is 0 Å². The van der Waals surface area contributed by atoms with Crippen LogP contribution in [0.1, 0.15) is 16.7 Å². The highest BCUT2D eigenvalue weighted by Crippen LogP contribution is 2.34. The zero-order valence-electron chi connectivity index (χ0n) is 10.5. The number of aryl methyl sites for hydroxylation is 2. The Kier molecular flexibility index (Phi) is 4.49. The molecule has 94 valence electrons. The van der Waals surface area contributed by atoms with Crippen molar-refractivity contribution in [3.05, 3.63) is 57.6 Å². The molecule has 0 radical (unpaired) electrons. The molecular formula is C15H16BrNS. The summed E-state index contributed by atoms with van der Waals surface area (Å²) in [6.07, 6.45) is 0. The molecule has 2 N–H and O–H groups in total. The van der Waals surface area contributed by atoms with Gasteiger partial charge in [0.05, 0.1) is 0 Å². The van der Waals surface area contributed by atoms with Gasteiger partial charge in [-0.05, 0) is 48.7 Å². The van der Waals surface area contributed by atoms with Crippen LogP contribution in [0.25, 0.3) is 0 Å². The minimum atomic E-state index is 0.570. The van der Waals surface area contributed by atoms with Crippen LogP contribution < -0.4 is 5.73 Å². The Labute approximate surface area is 121 Å². The molecule has 0 aromatic heterocycles. The van der Waals surface area contributed by atoms with Crippen molar-refractivity contribution < 1.29 is 0 Å². The molecule has 0 aliphatic rings. The van der Waals surface area contributed by atoms with Crippen LogP contribution >= 0.6 is 27.7 Å². The van der Waals surface area contributed by atoms with Crippen molar-refractivity contribution in [2.24, 2.45) is 5.73 Å². The summed E-state index contributed by atoms with van der Waals surface area (Å²) >= 11 is 5.30. The Balaban J connectivity index is 2.38. The van der Waals surface area contributed by atoms with E-state index in [2.05, 4.69) is 60.1 Å². The Bertz CT molecular complexity index is 566. The first-order chi connectivity index (χ1) is 8.60. The summed E-state index contributed by atoms with van der Waals surface area (Å²) in [4.78, 5) is 2.52. The normalized spacial score (nSPS) is 10.7. The molecular weight excluding hydrogens is 306 g/mol.